The molecule has 7 heteroatoms. The van der Waals surface area contributed by atoms with Crippen LogP contribution in [0.1, 0.15) is 17.2 Å². The molecule has 5 nitrogen and oxygen atoms in total. The number of halogens is 2. The molecule has 0 spiro atoms. The summed E-state index contributed by atoms with van der Waals surface area (Å²) in [6, 6.07) is 28.3. The van der Waals surface area contributed by atoms with Crippen molar-refractivity contribution >= 4 is 5.69 Å². The van der Waals surface area contributed by atoms with Gasteiger partial charge >= 0.3 is 0 Å². The molecule has 2 N–H and O–H groups in total. The summed E-state index contributed by atoms with van der Waals surface area (Å²) in [5.41, 5.74) is 2.54. The highest BCUT2D eigenvalue weighted by Crippen LogP contribution is 2.48. The molecule has 1 heterocycles. The number of aliphatic hydroxyl groups is 2. The number of benzene rings is 4. The van der Waals surface area contributed by atoms with Gasteiger partial charge in [-0.3, -0.25) is 0 Å². The van der Waals surface area contributed by atoms with Crippen molar-refractivity contribution in [2.24, 2.45) is 5.92 Å². The molecule has 5 rings (SSSR count). The minimum Gasteiger partial charge on any atom is -0.491 e. The molecule has 0 radical (unpaired) electrons. The van der Waals surface area contributed by atoms with E-state index in [0.29, 0.717) is 23.8 Å². The normalized spacial score (nSPS) is 19.7. The first-order chi connectivity index (χ1) is 18.0. The fourth-order valence-corrected chi connectivity index (χ4v) is 4.64. The van der Waals surface area contributed by atoms with Crippen LogP contribution >= 0.6 is 0 Å². The average Bonchev–Trinajstić information content (AvgIpc) is 2.92. The third kappa shape index (κ3) is 5.58. The Morgan fingerprint density at radius 3 is 1.95 bits per heavy atom. The first-order valence-corrected chi connectivity index (χ1v) is 12.0. The molecule has 1 aliphatic rings. The Labute approximate surface area is 214 Å². The maximum absolute atomic E-state index is 13.5. The third-order valence-corrected chi connectivity index (χ3v) is 6.57. The summed E-state index contributed by atoms with van der Waals surface area (Å²) in [5, 5.41) is 22.0. The molecule has 0 aliphatic carbocycles. The van der Waals surface area contributed by atoms with Crippen LogP contribution < -0.4 is 14.4 Å². The maximum Gasteiger partial charge on any atom is 0.135 e. The Morgan fingerprint density at radius 2 is 1.30 bits per heavy atom. The van der Waals surface area contributed by atoms with Crippen molar-refractivity contribution in [3.05, 3.63) is 126 Å². The number of anilines is 1. The van der Waals surface area contributed by atoms with Crippen molar-refractivity contribution in [1.29, 1.82) is 0 Å². The summed E-state index contributed by atoms with van der Waals surface area (Å²) in [7, 11) is 0. The minimum absolute atomic E-state index is 0.0839. The van der Waals surface area contributed by atoms with Crippen LogP contribution in [0, 0.1) is 17.6 Å². The van der Waals surface area contributed by atoms with Gasteiger partial charge in [0.15, 0.2) is 0 Å². The summed E-state index contributed by atoms with van der Waals surface area (Å²) in [6.45, 7) is 0.353. The monoisotopic (exact) mass is 503 g/mol. The molecule has 4 atom stereocenters. The number of hydrogen-bond donors (Lipinski definition) is 2. The van der Waals surface area contributed by atoms with E-state index >= 15 is 0 Å². The molecule has 0 bridgehead atoms. The van der Waals surface area contributed by atoms with Gasteiger partial charge in [0.2, 0.25) is 0 Å². The zero-order valence-corrected chi connectivity index (χ0v) is 20.0. The van der Waals surface area contributed by atoms with Crippen LogP contribution in [0.15, 0.2) is 103 Å². The zero-order chi connectivity index (χ0) is 25.8. The van der Waals surface area contributed by atoms with E-state index in [9.17, 15) is 19.0 Å². The molecule has 190 valence electrons. The van der Waals surface area contributed by atoms with Crippen LogP contribution in [-0.2, 0) is 6.61 Å². The van der Waals surface area contributed by atoms with Crippen LogP contribution in [0.5, 0.6) is 11.5 Å². The van der Waals surface area contributed by atoms with Crippen LogP contribution in [0.3, 0.4) is 0 Å². The molecule has 0 amide bonds. The summed E-state index contributed by atoms with van der Waals surface area (Å²) in [5.74, 6) is -0.228. The Kier molecular flexibility index (Phi) is 7.35. The summed E-state index contributed by atoms with van der Waals surface area (Å²) >= 11 is 0. The second kappa shape index (κ2) is 11.0. The summed E-state index contributed by atoms with van der Waals surface area (Å²) in [4.78, 5) is 1.74. The van der Waals surface area contributed by atoms with E-state index in [1.165, 1.54) is 36.4 Å². The topological polar surface area (TPSA) is 62.2 Å². The largest absolute Gasteiger partial charge is 0.491 e. The lowest BCUT2D eigenvalue weighted by Crippen LogP contribution is -2.63. The van der Waals surface area contributed by atoms with Gasteiger partial charge < -0.3 is 24.6 Å². The first-order valence-electron chi connectivity index (χ1n) is 12.0. The maximum atomic E-state index is 13.5. The van der Waals surface area contributed by atoms with Crippen molar-refractivity contribution < 1.29 is 28.5 Å². The first kappa shape index (κ1) is 24.7. The predicted molar refractivity (Wildman–Crippen MR) is 136 cm³/mol. The quantitative estimate of drug-likeness (QED) is 0.317. The second-order valence-corrected chi connectivity index (χ2v) is 9.00. The molecule has 0 saturated carbocycles. The highest BCUT2D eigenvalue weighted by molar-refractivity contribution is 5.54. The van der Waals surface area contributed by atoms with E-state index in [1.807, 2.05) is 54.6 Å². The number of hydrogen-bond acceptors (Lipinski definition) is 5. The van der Waals surface area contributed by atoms with E-state index in [1.54, 1.807) is 17.0 Å². The van der Waals surface area contributed by atoms with Crippen LogP contribution in [0.4, 0.5) is 14.5 Å². The van der Waals surface area contributed by atoms with Crippen molar-refractivity contribution in [2.45, 2.75) is 25.0 Å². The van der Waals surface area contributed by atoms with Gasteiger partial charge in [-0.05, 0) is 71.8 Å². The SMILES string of the molecule is OC1[C@H]([C@H](O)COc2ccc(F)cc2)[C@@H](c2ccc(OCc3ccccc3)cc2)N1c1ccc(F)cc1. The molecule has 37 heavy (non-hydrogen) atoms. The molecule has 1 saturated heterocycles. The van der Waals surface area contributed by atoms with Gasteiger partial charge in [0.1, 0.15) is 42.6 Å². The van der Waals surface area contributed by atoms with Gasteiger partial charge in [0, 0.05) is 5.69 Å². The lowest BCUT2D eigenvalue weighted by atomic mass is 9.77. The Morgan fingerprint density at radius 1 is 0.730 bits per heavy atom. The fraction of sp³-hybridized carbons (Fsp3) is 0.200. The molecular formula is C30H27F2NO4. The van der Waals surface area contributed by atoms with Crippen molar-refractivity contribution in [3.8, 4) is 11.5 Å². The van der Waals surface area contributed by atoms with Crippen molar-refractivity contribution in [1.82, 2.24) is 0 Å². The number of rotatable bonds is 9. The standard InChI is InChI=1S/C30H27F2NO4/c31-22-8-12-24(13-9-22)33-29(21-6-14-25(15-7-21)36-18-20-4-2-1-3-5-20)28(30(33)35)27(34)19-37-26-16-10-23(32)11-17-26/h1-17,27-30,34-35H,18-19H2/t27-,28-,29-,30?/m1/s1. The Hall–Kier alpha value is -3.94. The van der Waals surface area contributed by atoms with Crippen molar-refractivity contribution in [2.75, 3.05) is 11.5 Å². The summed E-state index contributed by atoms with van der Waals surface area (Å²) in [6.07, 6.45) is -2.04. The number of nitrogens with zero attached hydrogens (tertiary/aromatic N) is 1. The smallest absolute Gasteiger partial charge is 0.135 e. The van der Waals surface area contributed by atoms with E-state index in [-0.39, 0.29) is 18.2 Å². The van der Waals surface area contributed by atoms with Gasteiger partial charge in [-0.25, -0.2) is 8.78 Å². The van der Waals surface area contributed by atoms with Gasteiger partial charge in [-0.2, -0.15) is 0 Å². The van der Waals surface area contributed by atoms with Gasteiger partial charge in [0.25, 0.3) is 0 Å². The Balaban J connectivity index is 1.33. The molecule has 4 aromatic carbocycles. The Bertz CT molecular complexity index is 1280. The molecule has 0 aromatic heterocycles. The van der Waals surface area contributed by atoms with Crippen LogP contribution in [-0.4, -0.2) is 29.2 Å². The second-order valence-electron chi connectivity index (χ2n) is 9.00. The van der Waals surface area contributed by atoms with Gasteiger partial charge in [0.05, 0.1) is 18.1 Å². The molecule has 4 aromatic rings. The highest BCUT2D eigenvalue weighted by atomic mass is 19.1. The molecule has 1 aliphatic heterocycles. The third-order valence-electron chi connectivity index (χ3n) is 6.57. The van der Waals surface area contributed by atoms with Gasteiger partial charge in [-0.15, -0.1) is 0 Å². The number of ether oxygens (including phenoxy) is 2. The predicted octanol–water partition coefficient (Wildman–Crippen LogP) is 5.48. The van der Waals surface area contributed by atoms with Crippen LogP contribution in [0.2, 0.25) is 0 Å². The van der Waals surface area contributed by atoms with Crippen LogP contribution in [0.25, 0.3) is 0 Å². The van der Waals surface area contributed by atoms with E-state index in [0.717, 1.165) is 11.1 Å². The van der Waals surface area contributed by atoms with E-state index < -0.39 is 24.3 Å². The van der Waals surface area contributed by atoms with Gasteiger partial charge in [-0.1, -0.05) is 42.5 Å². The molecular weight excluding hydrogens is 476 g/mol. The highest BCUT2D eigenvalue weighted by Gasteiger charge is 2.52. The van der Waals surface area contributed by atoms with E-state index in [2.05, 4.69) is 0 Å². The number of aliphatic hydroxyl groups excluding tert-OH is 2. The van der Waals surface area contributed by atoms with E-state index in [4.69, 9.17) is 9.47 Å². The minimum atomic E-state index is -1.02. The van der Waals surface area contributed by atoms with Crippen molar-refractivity contribution in [3.63, 3.8) is 0 Å². The molecule has 1 unspecified atom stereocenters. The fourth-order valence-electron chi connectivity index (χ4n) is 4.64. The average molecular weight is 504 g/mol. The lowest BCUT2D eigenvalue weighted by molar-refractivity contribution is -0.0789. The lowest BCUT2D eigenvalue weighted by Gasteiger charge is -2.55. The zero-order valence-electron chi connectivity index (χ0n) is 20.0. The molecule has 1 fully saturated rings. The summed E-state index contributed by atoms with van der Waals surface area (Å²) < 4.78 is 38.3.